The van der Waals surface area contributed by atoms with Crippen LogP contribution in [-0.2, 0) is 4.79 Å². The van der Waals surface area contributed by atoms with Gasteiger partial charge in [-0.15, -0.1) is 11.3 Å². The zero-order valence-electron chi connectivity index (χ0n) is 13.3. The van der Waals surface area contributed by atoms with E-state index in [2.05, 4.69) is 4.98 Å². The summed E-state index contributed by atoms with van der Waals surface area (Å²) in [5.41, 5.74) is 0.274. The van der Waals surface area contributed by atoms with Crippen LogP contribution in [0.15, 0.2) is 16.4 Å². The van der Waals surface area contributed by atoms with Crippen molar-refractivity contribution in [1.82, 2.24) is 14.3 Å². The first kappa shape index (κ1) is 17.1. The van der Waals surface area contributed by atoms with Crippen LogP contribution in [0.1, 0.15) is 36.3 Å². The van der Waals surface area contributed by atoms with E-state index in [9.17, 15) is 14.4 Å². The molecule has 2 rings (SSSR count). The summed E-state index contributed by atoms with van der Waals surface area (Å²) in [6.45, 7) is 6.09. The maximum absolute atomic E-state index is 12.7. The number of aryl methyl sites for hydroxylation is 1. The quantitative estimate of drug-likeness (QED) is 0.865. The maximum Gasteiger partial charge on any atom is 0.305 e. The number of carbonyl (C=O) groups excluding carboxylic acids is 1. The molecule has 0 aliphatic heterocycles. The third-order valence-corrected chi connectivity index (χ3v) is 4.27. The van der Waals surface area contributed by atoms with Gasteiger partial charge in [-0.1, -0.05) is 13.8 Å². The summed E-state index contributed by atoms with van der Waals surface area (Å²) in [6, 6.07) is 0. The Labute approximate surface area is 137 Å². The largest absolute Gasteiger partial charge is 0.481 e. The first-order chi connectivity index (χ1) is 10.8. The van der Waals surface area contributed by atoms with Crippen LogP contribution >= 0.6 is 11.3 Å². The molecule has 0 aromatic carbocycles. The molecule has 23 heavy (non-hydrogen) atoms. The number of carbonyl (C=O) groups is 2. The number of hydrogen-bond acceptors (Lipinski definition) is 5. The Morgan fingerprint density at radius 3 is 2.74 bits per heavy atom. The first-order valence-electron chi connectivity index (χ1n) is 7.28. The number of thiazole rings is 1. The minimum atomic E-state index is -0.981. The smallest absolute Gasteiger partial charge is 0.305 e. The van der Waals surface area contributed by atoms with Gasteiger partial charge in [-0.25, -0.2) is 4.98 Å². The lowest BCUT2D eigenvalue weighted by atomic mass is 10.1. The number of hydrogen-bond donors (Lipinski definition) is 1. The Morgan fingerprint density at radius 2 is 2.13 bits per heavy atom. The SMILES string of the molecule is Cc1csc2ncc(C(=O)N(CCC(=O)O)CC(C)C)c(=O)n12. The molecule has 0 bridgehead atoms. The molecule has 0 radical (unpaired) electrons. The van der Waals surface area contributed by atoms with Crippen molar-refractivity contribution in [3.63, 3.8) is 0 Å². The normalized spacial score (nSPS) is 11.1. The molecule has 0 unspecified atom stereocenters. The molecule has 7 nitrogen and oxygen atoms in total. The van der Waals surface area contributed by atoms with Gasteiger partial charge in [-0.05, 0) is 12.8 Å². The van der Waals surface area contributed by atoms with Gasteiger partial charge in [0.05, 0.1) is 6.42 Å². The van der Waals surface area contributed by atoms with Gasteiger partial charge in [0.25, 0.3) is 11.5 Å². The van der Waals surface area contributed by atoms with Crippen LogP contribution < -0.4 is 5.56 Å². The third-order valence-electron chi connectivity index (χ3n) is 3.32. The number of carboxylic acid groups (broad SMARTS) is 1. The van der Waals surface area contributed by atoms with E-state index in [1.54, 1.807) is 12.3 Å². The summed E-state index contributed by atoms with van der Waals surface area (Å²) in [4.78, 5) is 42.1. The van der Waals surface area contributed by atoms with Gasteiger partial charge in [0, 0.05) is 30.4 Å². The highest BCUT2D eigenvalue weighted by Gasteiger charge is 2.22. The van der Waals surface area contributed by atoms with E-state index < -0.39 is 17.4 Å². The molecular weight excluding hydrogens is 318 g/mol. The second kappa shape index (κ2) is 6.91. The van der Waals surface area contributed by atoms with Gasteiger partial charge in [-0.2, -0.15) is 0 Å². The van der Waals surface area contributed by atoms with E-state index in [0.717, 1.165) is 5.69 Å². The topological polar surface area (TPSA) is 92.0 Å². The Balaban J connectivity index is 2.38. The molecule has 0 saturated heterocycles. The van der Waals surface area contributed by atoms with Gasteiger partial charge in [0.2, 0.25) is 0 Å². The van der Waals surface area contributed by atoms with Crippen LogP contribution in [0.5, 0.6) is 0 Å². The summed E-state index contributed by atoms with van der Waals surface area (Å²) in [7, 11) is 0. The molecule has 0 spiro atoms. The highest BCUT2D eigenvalue weighted by atomic mass is 32.1. The zero-order chi connectivity index (χ0) is 17.1. The predicted octanol–water partition coefficient (Wildman–Crippen LogP) is 1.64. The number of carboxylic acids is 1. The molecule has 0 aliphatic carbocycles. The molecule has 0 fully saturated rings. The van der Waals surface area contributed by atoms with E-state index in [1.807, 2.05) is 13.8 Å². The van der Waals surface area contributed by atoms with Crippen molar-refractivity contribution in [2.24, 2.45) is 5.92 Å². The monoisotopic (exact) mass is 337 g/mol. The van der Waals surface area contributed by atoms with Crippen molar-refractivity contribution in [3.8, 4) is 0 Å². The van der Waals surface area contributed by atoms with Crippen LogP contribution in [0.4, 0.5) is 0 Å². The fourth-order valence-electron chi connectivity index (χ4n) is 2.29. The van der Waals surface area contributed by atoms with E-state index >= 15 is 0 Å². The molecule has 0 saturated carbocycles. The Hall–Kier alpha value is -2.22. The van der Waals surface area contributed by atoms with Crippen molar-refractivity contribution in [2.45, 2.75) is 27.2 Å². The number of nitrogens with zero attached hydrogens (tertiary/aromatic N) is 3. The minimum absolute atomic E-state index is 0.0324. The van der Waals surface area contributed by atoms with Crippen LogP contribution in [0, 0.1) is 12.8 Å². The molecule has 8 heteroatoms. The molecule has 2 heterocycles. The van der Waals surface area contributed by atoms with Crippen LogP contribution in [0.3, 0.4) is 0 Å². The number of aromatic nitrogens is 2. The molecule has 1 amide bonds. The minimum Gasteiger partial charge on any atom is -0.481 e. The molecule has 2 aromatic rings. The van der Waals surface area contributed by atoms with Gasteiger partial charge in [-0.3, -0.25) is 18.8 Å². The van der Waals surface area contributed by atoms with Crippen LogP contribution in [-0.4, -0.2) is 44.4 Å². The lowest BCUT2D eigenvalue weighted by Gasteiger charge is -2.23. The van der Waals surface area contributed by atoms with E-state index in [-0.39, 0.29) is 24.4 Å². The first-order valence-corrected chi connectivity index (χ1v) is 8.16. The van der Waals surface area contributed by atoms with Crippen molar-refractivity contribution in [2.75, 3.05) is 13.1 Å². The lowest BCUT2D eigenvalue weighted by molar-refractivity contribution is -0.137. The second-order valence-electron chi connectivity index (χ2n) is 5.76. The molecule has 1 N–H and O–H groups in total. The highest BCUT2D eigenvalue weighted by molar-refractivity contribution is 7.15. The number of amides is 1. The Morgan fingerprint density at radius 1 is 1.43 bits per heavy atom. The van der Waals surface area contributed by atoms with Crippen LogP contribution in [0.2, 0.25) is 0 Å². The summed E-state index contributed by atoms with van der Waals surface area (Å²) in [5, 5.41) is 10.6. The summed E-state index contributed by atoms with van der Waals surface area (Å²) in [5.74, 6) is -1.29. The molecule has 0 atom stereocenters. The molecule has 124 valence electrons. The van der Waals surface area contributed by atoms with Gasteiger partial charge < -0.3 is 10.0 Å². The number of rotatable bonds is 6. The van der Waals surface area contributed by atoms with Crippen molar-refractivity contribution < 1.29 is 14.7 Å². The van der Waals surface area contributed by atoms with Gasteiger partial charge >= 0.3 is 5.97 Å². The Kier molecular flexibility index (Phi) is 5.15. The van der Waals surface area contributed by atoms with E-state index in [4.69, 9.17) is 5.11 Å². The standard InChI is InChI=1S/C15H19N3O4S/c1-9(2)7-17(5-4-12(19)20)13(21)11-6-16-15-18(14(11)22)10(3)8-23-15/h6,8-9H,4-5,7H2,1-3H3,(H,19,20). The van der Waals surface area contributed by atoms with Crippen molar-refractivity contribution in [1.29, 1.82) is 0 Å². The second-order valence-corrected chi connectivity index (χ2v) is 6.60. The summed E-state index contributed by atoms with van der Waals surface area (Å²) < 4.78 is 1.41. The maximum atomic E-state index is 12.7. The average molecular weight is 337 g/mol. The summed E-state index contributed by atoms with van der Waals surface area (Å²) in [6.07, 6.45) is 1.12. The third kappa shape index (κ3) is 3.76. The Bertz CT molecular complexity index is 794. The van der Waals surface area contributed by atoms with Crippen molar-refractivity contribution in [3.05, 3.63) is 33.2 Å². The molecular formula is C15H19N3O4S. The number of aliphatic carboxylic acids is 1. The fourth-order valence-corrected chi connectivity index (χ4v) is 3.12. The van der Waals surface area contributed by atoms with Crippen molar-refractivity contribution >= 4 is 28.2 Å². The van der Waals surface area contributed by atoms with Gasteiger partial charge in [0.15, 0.2) is 4.96 Å². The van der Waals surface area contributed by atoms with E-state index in [1.165, 1.54) is 26.8 Å². The van der Waals surface area contributed by atoms with Gasteiger partial charge in [0.1, 0.15) is 5.56 Å². The molecule has 0 aliphatic rings. The lowest BCUT2D eigenvalue weighted by Crippen LogP contribution is -2.39. The molecule has 2 aromatic heterocycles. The highest BCUT2D eigenvalue weighted by Crippen LogP contribution is 2.12. The number of fused-ring (bicyclic) bond motifs is 1. The zero-order valence-corrected chi connectivity index (χ0v) is 14.1. The van der Waals surface area contributed by atoms with Crippen LogP contribution in [0.25, 0.3) is 4.96 Å². The summed E-state index contributed by atoms with van der Waals surface area (Å²) >= 11 is 1.33. The fraction of sp³-hybridized carbons (Fsp3) is 0.467. The predicted molar refractivity (Wildman–Crippen MR) is 87.1 cm³/mol. The van der Waals surface area contributed by atoms with E-state index in [0.29, 0.717) is 11.5 Å². The average Bonchev–Trinajstić information content (AvgIpc) is 2.85.